The summed E-state index contributed by atoms with van der Waals surface area (Å²) in [5, 5.41) is 12.5. The third kappa shape index (κ3) is 7.21. The Labute approximate surface area is 331 Å². The lowest BCUT2D eigenvalue weighted by molar-refractivity contribution is -0.136. The number of carbonyl (C=O) groups excluding carboxylic acids is 4. The predicted octanol–water partition coefficient (Wildman–Crippen LogP) is 6.95. The average Bonchev–Trinajstić information content (AvgIpc) is 3.99. The molecule has 12 nitrogen and oxygen atoms in total. The number of nitrogens with one attached hydrogen (secondary N) is 3. The van der Waals surface area contributed by atoms with Gasteiger partial charge in [-0.2, -0.15) is 5.10 Å². The zero-order valence-electron chi connectivity index (χ0n) is 32.6. The molecule has 12 heteroatoms. The number of H-pyrrole nitrogens is 1. The average molecular weight is 765 g/mol. The maximum Gasteiger partial charge on any atom is 0.256 e. The van der Waals surface area contributed by atoms with Crippen LogP contribution >= 0.6 is 0 Å². The lowest BCUT2D eigenvalue weighted by atomic mass is 9.83. The second-order valence-corrected chi connectivity index (χ2v) is 16.3. The molecule has 4 aliphatic rings. The first-order chi connectivity index (χ1) is 27.7. The monoisotopic (exact) mass is 764 g/mol. The zero-order valence-corrected chi connectivity index (χ0v) is 32.6. The standard InChI is InChI=1S/C45H48N8O4/c1-27-33-18-15-30(43(55)48-41-24-36-31(25-46-41)22-37(47-36)38-12-7-21-51(38)2)23-40(33)53(50-27)32-16-13-28(14-17-32)8-4-3-5-9-29-10-6-11-34-35(29)26-52(45(34)57)39-19-20-42(54)49-44(39)56/h6,10-11,15,18,22-25,28,32,38-39,47H,3-4,7-8,12-14,16-17,19-21,26H2,1-2H3,(H,46,48,55)(H,49,54,56)/t28?,32?,38-,39?/m1/s1. The Balaban J connectivity index is 0.790. The van der Waals surface area contributed by atoms with Crippen molar-refractivity contribution in [1.29, 1.82) is 0 Å². The molecule has 3 N–H and O–H groups in total. The largest absolute Gasteiger partial charge is 0.357 e. The molecule has 292 valence electrons. The molecule has 3 fully saturated rings. The Kier molecular flexibility index (Phi) is 9.86. The fourth-order valence-corrected chi connectivity index (χ4v) is 9.52. The number of nitrogens with zero attached hydrogens (tertiary/aromatic N) is 5. The van der Waals surface area contributed by atoms with Gasteiger partial charge < -0.3 is 15.2 Å². The lowest BCUT2D eigenvalue weighted by Crippen LogP contribution is -2.52. The van der Waals surface area contributed by atoms with Crippen LogP contribution in [0.2, 0.25) is 0 Å². The number of aromatic amines is 1. The highest BCUT2D eigenvalue weighted by Gasteiger charge is 2.39. The van der Waals surface area contributed by atoms with Gasteiger partial charge in [-0.25, -0.2) is 4.98 Å². The third-order valence-corrected chi connectivity index (χ3v) is 12.7. The molecule has 57 heavy (non-hydrogen) atoms. The number of piperidine rings is 1. The summed E-state index contributed by atoms with van der Waals surface area (Å²) in [7, 11) is 2.16. The highest BCUT2D eigenvalue weighted by Crippen LogP contribution is 2.37. The van der Waals surface area contributed by atoms with E-state index in [2.05, 4.69) is 55.1 Å². The molecule has 3 aliphatic heterocycles. The van der Waals surface area contributed by atoms with E-state index in [9.17, 15) is 19.2 Å². The van der Waals surface area contributed by atoms with Crippen LogP contribution in [0.4, 0.5) is 5.82 Å². The van der Waals surface area contributed by atoms with Crippen molar-refractivity contribution in [1.82, 2.24) is 34.9 Å². The summed E-state index contributed by atoms with van der Waals surface area (Å²) >= 11 is 0. The molecular weight excluding hydrogens is 717 g/mol. The van der Waals surface area contributed by atoms with Crippen molar-refractivity contribution in [3.8, 4) is 11.8 Å². The molecule has 2 atom stereocenters. The van der Waals surface area contributed by atoms with Crippen LogP contribution in [0, 0.1) is 24.7 Å². The van der Waals surface area contributed by atoms with Crippen molar-refractivity contribution >= 4 is 51.3 Å². The molecule has 1 unspecified atom stereocenters. The minimum atomic E-state index is -0.633. The first kappa shape index (κ1) is 36.8. The predicted molar refractivity (Wildman–Crippen MR) is 217 cm³/mol. The van der Waals surface area contributed by atoms with Gasteiger partial charge in [-0.1, -0.05) is 24.0 Å². The normalized spacial score (nSPS) is 22.5. The first-order valence-corrected chi connectivity index (χ1v) is 20.4. The van der Waals surface area contributed by atoms with Crippen molar-refractivity contribution in [2.75, 3.05) is 18.9 Å². The molecule has 1 aliphatic carbocycles. The van der Waals surface area contributed by atoms with Gasteiger partial charge >= 0.3 is 0 Å². The van der Waals surface area contributed by atoms with Gasteiger partial charge in [-0.05, 0) is 120 Å². The van der Waals surface area contributed by atoms with Gasteiger partial charge in [0, 0.05) is 70.8 Å². The van der Waals surface area contributed by atoms with E-state index < -0.39 is 11.9 Å². The number of fused-ring (bicyclic) bond motifs is 3. The molecule has 3 aromatic heterocycles. The number of anilines is 1. The summed E-state index contributed by atoms with van der Waals surface area (Å²) in [6, 6.07) is 15.6. The van der Waals surface area contributed by atoms with Crippen LogP contribution in [-0.4, -0.2) is 72.8 Å². The van der Waals surface area contributed by atoms with Crippen LogP contribution in [-0.2, 0) is 16.1 Å². The maximum atomic E-state index is 13.5. The highest BCUT2D eigenvalue weighted by molar-refractivity contribution is 6.07. The number of pyridine rings is 1. The Bertz CT molecular complexity index is 2480. The van der Waals surface area contributed by atoms with E-state index in [1.165, 1.54) is 12.1 Å². The number of rotatable bonds is 8. The Hall–Kier alpha value is -5.80. The van der Waals surface area contributed by atoms with Crippen molar-refractivity contribution < 1.29 is 19.2 Å². The van der Waals surface area contributed by atoms with E-state index >= 15 is 0 Å². The molecule has 6 heterocycles. The molecule has 5 aromatic rings. The summed E-state index contributed by atoms with van der Waals surface area (Å²) in [6.07, 6.45) is 11.9. The van der Waals surface area contributed by atoms with Gasteiger partial charge in [0.1, 0.15) is 11.9 Å². The van der Waals surface area contributed by atoms with Crippen LogP contribution in [0.15, 0.2) is 54.7 Å². The highest BCUT2D eigenvalue weighted by atomic mass is 16.2. The summed E-state index contributed by atoms with van der Waals surface area (Å²) in [4.78, 5) is 62.9. The number of aryl methyl sites for hydroxylation is 1. The SMILES string of the molecule is Cc1nn(C2CCC(CCCC#Cc3cccc4c3CN(C3CCC(=O)NC3=O)C4=O)CC2)c2cc(C(=O)Nc3cc4[nH]c([C@H]5CCCN5C)cc4cn3)ccc12. The molecule has 1 saturated carbocycles. The van der Waals surface area contributed by atoms with E-state index in [0.717, 1.165) is 96.5 Å². The van der Waals surface area contributed by atoms with E-state index in [0.29, 0.717) is 41.9 Å². The Morgan fingerprint density at radius 2 is 1.86 bits per heavy atom. The van der Waals surface area contributed by atoms with Crippen LogP contribution in [0.5, 0.6) is 0 Å². The van der Waals surface area contributed by atoms with E-state index in [1.54, 1.807) is 11.0 Å². The molecule has 4 amide bonds. The molecule has 0 bridgehead atoms. The number of carbonyl (C=O) groups is 4. The second kappa shape index (κ2) is 15.3. The Morgan fingerprint density at radius 1 is 1.00 bits per heavy atom. The minimum Gasteiger partial charge on any atom is -0.357 e. The summed E-state index contributed by atoms with van der Waals surface area (Å²) in [5.41, 5.74) is 6.99. The zero-order chi connectivity index (χ0) is 39.2. The molecular formula is C45H48N8O4. The smallest absolute Gasteiger partial charge is 0.256 e. The number of benzene rings is 2. The third-order valence-electron chi connectivity index (χ3n) is 12.7. The first-order valence-electron chi connectivity index (χ1n) is 20.4. The fraction of sp³-hybridized carbons (Fsp3) is 0.422. The van der Waals surface area contributed by atoms with E-state index in [1.807, 2.05) is 49.5 Å². The van der Waals surface area contributed by atoms with Crippen molar-refractivity contribution in [3.63, 3.8) is 0 Å². The fourth-order valence-electron chi connectivity index (χ4n) is 9.52. The lowest BCUT2D eigenvalue weighted by Gasteiger charge is -2.29. The van der Waals surface area contributed by atoms with Crippen LogP contribution in [0.1, 0.15) is 126 Å². The van der Waals surface area contributed by atoms with Crippen LogP contribution in [0.25, 0.3) is 21.8 Å². The van der Waals surface area contributed by atoms with E-state index in [4.69, 9.17) is 5.10 Å². The maximum absolute atomic E-state index is 13.5. The number of hydrogen-bond donors (Lipinski definition) is 3. The topological polar surface area (TPSA) is 145 Å². The quantitative estimate of drug-likeness (QED) is 0.0881. The van der Waals surface area contributed by atoms with E-state index in [-0.39, 0.29) is 30.2 Å². The van der Waals surface area contributed by atoms with Crippen LogP contribution < -0.4 is 10.6 Å². The molecule has 0 radical (unpaired) electrons. The van der Waals surface area contributed by atoms with Gasteiger partial charge in [0.2, 0.25) is 11.8 Å². The molecule has 9 rings (SSSR count). The van der Waals surface area contributed by atoms with Crippen molar-refractivity contribution in [2.24, 2.45) is 5.92 Å². The van der Waals surface area contributed by atoms with Crippen molar-refractivity contribution in [3.05, 3.63) is 88.4 Å². The second-order valence-electron chi connectivity index (χ2n) is 16.3. The number of aromatic nitrogens is 4. The summed E-state index contributed by atoms with van der Waals surface area (Å²) in [5.74, 6) is 6.74. The number of likely N-dealkylation sites (tertiary alicyclic amines) is 1. The van der Waals surface area contributed by atoms with Crippen molar-refractivity contribution in [2.45, 2.75) is 102 Å². The number of imide groups is 1. The number of unbranched alkanes of at least 4 members (excludes halogenated alkanes) is 1. The molecule has 2 saturated heterocycles. The number of amides is 4. The van der Waals surface area contributed by atoms with Crippen LogP contribution in [0.3, 0.4) is 0 Å². The minimum absolute atomic E-state index is 0.178. The molecule has 2 aromatic carbocycles. The summed E-state index contributed by atoms with van der Waals surface area (Å²) in [6.45, 7) is 3.47. The van der Waals surface area contributed by atoms with Gasteiger partial charge in [0.25, 0.3) is 11.8 Å². The van der Waals surface area contributed by atoms with Gasteiger partial charge in [-0.15, -0.1) is 0 Å². The molecule has 0 spiro atoms. The Morgan fingerprint density at radius 3 is 2.67 bits per heavy atom. The van der Waals surface area contributed by atoms with Gasteiger partial charge in [-0.3, -0.25) is 34.1 Å². The summed E-state index contributed by atoms with van der Waals surface area (Å²) < 4.78 is 2.15. The van der Waals surface area contributed by atoms with Gasteiger partial charge in [0.15, 0.2) is 0 Å². The number of hydrogen-bond acceptors (Lipinski definition) is 7. The van der Waals surface area contributed by atoms with Gasteiger partial charge in [0.05, 0.1) is 22.8 Å².